The van der Waals surface area contributed by atoms with Gasteiger partial charge in [-0.3, -0.25) is 23.9 Å². The van der Waals surface area contributed by atoms with Crippen LogP contribution in [-0.4, -0.2) is 30.4 Å². The number of amides is 1. The Hall–Kier alpha value is -3.89. The normalized spacial score (nSPS) is 13.1. The fourth-order valence-electron chi connectivity index (χ4n) is 4.38. The van der Waals surface area contributed by atoms with Crippen molar-refractivity contribution in [2.45, 2.75) is 24.3 Å². The minimum Gasteiger partial charge on any atom is -0.312 e. The second-order valence-corrected chi connectivity index (χ2v) is 10.5. The summed E-state index contributed by atoms with van der Waals surface area (Å²) in [4.78, 5) is 41.4. The van der Waals surface area contributed by atoms with Gasteiger partial charge in [0.2, 0.25) is 5.91 Å². The van der Waals surface area contributed by atoms with Gasteiger partial charge in [-0.2, -0.15) is 0 Å². The van der Waals surface area contributed by atoms with Crippen molar-refractivity contribution in [3.05, 3.63) is 98.2 Å². The number of sulfonamides is 1. The second kappa shape index (κ2) is 9.29. The summed E-state index contributed by atoms with van der Waals surface area (Å²) in [6.07, 6.45) is 0.619. The third-order valence-electron chi connectivity index (χ3n) is 6.09. The van der Waals surface area contributed by atoms with Crippen LogP contribution >= 0.6 is 11.6 Å². The Labute approximate surface area is 211 Å². The summed E-state index contributed by atoms with van der Waals surface area (Å²) in [5.74, 6) is -0.178. The van der Waals surface area contributed by atoms with Gasteiger partial charge in [-0.25, -0.2) is 13.2 Å². The number of hydrogen-bond donors (Lipinski definition) is 2. The van der Waals surface area contributed by atoms with E-state index in [9.17, 15) is 22.8 Å². The average Bonchev–Trinajstić information content (AvgIpc) is 3.27. The molecule has 1 amide bonds. The summed E-state index contributed by atoms with van der Waals surface area (Å²) in [5, 5.41) is 0.696. The summed E-state index contributed by atoms with van der Waals surface area (Å²) < 4.78 is 29.3. The Kier molecular flexibility index (Phi) is 6.15. The summed E-state index contributed by atoms with van der Waals surface area (Å²) in [5.41, 5.74) is 1.36. The van der Waals surface area contributed by atoms with Crippen molar-refractivity contribution in [1.82, 2.24) is 9.55 Å². The lowest BCUT2D eigenvalue weighted by atomic mass is 10.1. The van der Waals surface area contributed by atoms with Crippen LogP contribution in [0.1, 0.15) is 12.0 Å². The number of nitrogens with one attached hydrogen (secondary N) is 2. The molecule has 0 unspecified atom stereocenters. The van der Waals surface area contributed by atoms with E-state index in [1.165, 1.54) is 16.7 Å². The SMILES string of the molecule is O=C(CCn1c(=O)[nH]c(=O)c2ccccc21)N1CCc2cc(NS(=O)(=O)c3cccc(Cl)c3)ccc21. The van der Waals surface area contributed by atoms with Crippen LogP contribution in [0.4, 0.5) is 11.4 Å². The molecule has 11 heteroatoms. The van der Waals surface area contributed by atoms with Crippen molar-refractivity contribution >= 4 is 49.8 Å². The van der Waals surface area contributed by atoms with E-state index in [1.807, 2.05) is 0 Å². The second-order valence-electron chi connectivity index (χ2n) is 8.38. The molecule has 3 aromatic carbocycles. The number of para-hydroxylation sites is 1. The molecule has 9 nitrogen and oxygen atoms in total. The Morgan fingerprint density at radius 2 is 1.83 bits per heavy atom. The number of halogens is 1. The molecule has 0 bridgehead atoms. The third-order valence-corrected chi connectivity index (χ3v) is 7.70. The maximum atomic E-state index is 13.0. The first-order valence-electron chi connectivity index (χ1n) is 11.2. The zero-order valence-electron chi connectivity index (χ0n) is 18.9. The van der Waals surface area contributed by atoms with Gasteiger partial charge >= 0.3 is 5.69 Å². The molecule has 0 fully saturated rings. The molecule has 0 atom stereocenters. The predicted molar refractivity (Wildman–Crippen MR) is 138 cm³/mol. The number of aryl methyl sites for hydroxylation is 1. The van der Waals surface area contributed by atoms with E-state index in [-0.39, 0.29) is 23.8 Å². The number of carbonyl (C=O) groups is 1. The lowest BCUT2D eigenvalue weighted by Crippen LogP contribution is -2.34. The highest BCUT2D eigenvalue weighted by Gasteiger charge is 2.25. The van der Waals surface area contributed by atoms with Crippen LogP contribution in [0, 0.1) is 0 Å². The number of carbonyl (C=O) groups excluding carboxylic acids is 1. The van der Waals surface area contributed by atoms with Gasteiger partial charge in [-0.1, -0.05) is 29.8 Å². The molecule has 0 saturated carbocycles. The minimum atomic E-state index is -3.82. The molecule has 2 N–H and O–H groups in total. The standard InChI is InChI=1S/C25H21ClN4O5S/c26-17-4-3-5-19(15-17)36(34,35)28-18-8-9-21-16(14-18)10-12-29(21)23(31)11-13-30-22-7-2-1-6-20(22)24(32)27-25(30)33/h1-9,14-15,28H,10-13H2,(H,27,32,33). The van der Waals surface area contributed by atoms with Crippen LogP contribution in [-0.2, 0) is 27.8 Å². The van der Waals surface area contributed by atoms with E-state index in [2.05, 4.69) is 9.71 Å². The van der Waals surface area contributed by atoms with Crippen LogP contribution < -0.4 is 20.9 Å². The van der Waals surface area contributed by atoms with E-state index >= 15 is 0 Å². The maximum Gasteiger partial charge on any atom is 0.328 e. The number of benzene rings is 3. The van der Waals surface area contributed by atoms with E-state index in [0.29, 0.717) is 40.3 Å². The van der Waals surface area contributed by atoms with Crippen LogP contribution in [0.3, 0.4) is 0 Å². The first-order valence-corrected chi connectivity index (χ1v) is 13.0. The van der Waals surface area contributed by atoms with Gasteiger partial charge in [-0.15, -0.1) is 0 Å². The topological polar surface area (TPSA) is 121 Å². The smallest absolute Gasteiger partial charge is 0.312 e. The van der Waals surface area contributed by atoms with Crippen LogP contribution in [0.15, 0.2) is 81.2 Å². The molecule has 0 spiro atoms. The summed E-state index contributed by atoms with van der Waals surface area (Å²) >= 11 is 5.92. The lowest BCUT2D eigenvalue weighted by molar-refractivity contribution is -0.118. The molecule has 4 aromatic rings. The van der Waals surface area contributed by atoms with Gasteiger partial charge in [0.15, 0.2) is 0 Å². The average molecular weight is 525 g/mol. The molecular weight excluding hydrogens is 504 g/mol. The van der Waals surface area contributed by atoms with Gasteiger partial charge in [0.05, 0.1) is 15.8 Å². The maximum absolute atomic E-state index is 13.0. The van der Waals surface area contributed by atoms with Crippen LogP contribution in [0.25, 0.3) is 10.9 Å². The van der Waals surface area contributed by atoms with Crippen LogP contribution in [0.5, 0.6) is 0 Å². The Balaban J connectivity index is 1.32. The number of hydrogen-bond acceptors (Lipinski definition) is 5. The highest BCUT2D eigenvalue weighted by molar-refractivity contribution is 7.92. The third kappa shape index (κ3) is 4.52. The van der Waals surface area contributed by atoms with E-state index < -0.39 is 21.3 Å². The molecule has 1 aromatic heterocycles. The molecule has 0 saturated heterocycles. The minimum absolute atomic E-state index is 0.0531. The van der Waals surface area contributed by atoms with E-state index in [1.54, 1.807) is 59.5 Å². The van der Waals surface area contributed by atoms with Gasteiger partial charge in [0, 0.05) is 35.9 Å². The molecule has 0 aliphatic carbocycles. The summed E-state index contributed by atoms with van der Waals surface area (Å²) in [7, 11) is -3.82. The number of H-pyrrole nitrogens is 1. The van der Waals surface area contributed by atoms with Crippen molar-refractivity contribution in [2.75, 3.05) is 16.2 Å². The molecule has 1 aliphatic heterocycles. The van der Waals surface area contributed by atoms with E-state index in [4.69, 9.17) is 11.6 Å². The predicted octanol–water partition coefficient (Wildman–Crippen LogP) is 3.12. The van der Waals surface area contributed by atoms with Crippen molar-refractivity contribution in [3.63, 3.8) is 0 Å². The first kappa shape index (κ1) is 23.8. The highest BCUT2D eigenvalue weighted by atomic mass is 35.5. The van der Waals surface area contributed by atoms with Gasteiger partial charge in [-0.05, 0) is 60.5 Å². The van der Waals surface area contributed by atoms with E-state index in [0.717, 1.165) is 5.56 Å². The fourth-order valence-corrected chi connectivity index (χ4v) is 5.73. The fraction of sp³-hybridized carbons (Fsp3) is 0.160. The number of rotatable bonds is 6. The number of nitrogens with zero attached hydrogens (tertiary/aromatic N) is 2. The quantitative estimate of drug-likeness (QED) is 0.401. The molecule has 5 rings (SSSR count). The van der Waals surface area contributed by atoms with Crippen molar-refractivity contribution in [3.8, 4) is 0 Å². The molecule has 36 heavy (non-hydrogen) atoms. The zero-order valence-corrected chi connectivity index (χ0v) is 20.5. The van der Waals surface area contributed by atoms with Gasteiger partial charge < -0.3 is 4.90 Å². The highest BCUT2D eigenvalue weighted by Crippen LogP contribution is 2.32. The molecule has 0 radical (unpaired) electrons. The Morgan fingerprint density at radius 1 is 1.03 bits per heavy atom. The lowest BCUT2D eigenvalue weighted by Gasteiger charge is -2.18. The number of fused-ring (bicyclic) bond motifs is 2. The van der Waals surface area contributed by atoms with Crippen molar-refractivity contribution in [2.24, 2.45) is 0 Å². The summed E-state index contributed by atoms with van der Waals surface area (Å²) in [6.45, 7) is 0.554. The van der Waals surface area contributed by atoms with Crippen molar-refractivity contribution in [1.29, 1.82) is 0 Å². The largest absolute Gasteiger partial charge is 0.328 e. The Bertz CT molecular complexity index is 1730. The molecular formula is C25H21ClN4O5S. The first-order chi connectivity index (χ1) is 17.2. The summed E-state index contributed by atoms with van der Waals surface area (Å²) in [6, 6.07) is 17.7. The van der Waals surface area contributed by atoms with Crippen LogP contribution in [0.2, 0.25) is 5.02 Å². The molecule has 1 aliphatic rings. The van der Waals surface area contributed by atoms with Gasteiger partial charge in [0.25, 0.3) is 15.6 Å². The van der Waals surface area contributed by atoms with Crippen molar-refractivity contribution < 1.29 is 13.2 Å². The number of aromatic nitrogens is 2. The van der Waals surface area contributed by atoms with Gasteiger partial charge in [0.1, 0.15) is 0 Å². The monoisotopic (exact) mass is 524 g/mol. The zero-order chi connectivity index (χ0) is 25.4. The number of anilines is 2. The molecule has 2 heterocycles. The Morgan fingerprint density at radius 3 is 2.64 bits per heavy atom. The molecule has 184 valence electrons. The number of aromatic amines is 1.